The minimum absolute atomic E-state index is 0.120. The normalized spacial score (nSPS) is 19.2. The van der Waals surface area contributed by atoms with Crippen molar-refractivity contribution in [2.45, 2.75) is 12.5 Å². The molecule has 21 heavy (non-hydrogen) atoms. The minimum Gasteiger partial charge on any atom is -0.493 e. The summed E-state index contributed by atoms with van der Waals surface area (Å²) in [6.45, 7) is 1.94. The fourth-order valence-electron chi connectivity index (χ4n) is 2.64. The number of benzene rings is 1. The lowest BCUT2D eigenvalue weighted by atomic mass is 9.99. The molecule has 1 aromatic heterocycles. The van der Waals surface area contributed by atoms with Crippen molar-refractivity contribution < 1.29 is 9.47 Å². The molecule has 1 unspecified atom stereocenters. The van der Waals surface area contributed by atoms with Crippen LogP contribution in [0, 0.1) is 5.92 Å². The highest BCUT2D eigenvalue weighted by Gasteiger charge is 2.29. The number of nitrogens with zero attached hydrogens (tertiary/aromatic N) is 2. The van der Waals surface area contributed by atoms with Crippen molar-refractivity contribution in [2.24, 2.45) is 5.92 Å². The van der Waals surface area contributed by atoms with E-state index in [9.17, 15) is 0 Å². The zero-order chi connectivity index (χ0) is 14.5. The number of ether oxygens (including phenoxy) is 2. The third-order valence-electron chi connectivity index (χ3n) is 3.72. The highest BCUT2D eigenvalue weighted by atomic mass is 16.5. The number of para-hydroxylation sites is 2. The number of methoxy groups -OCH3 is 1. The Balaban J connectivity index is 1.88. The van der Waals surface area contributed by atoms with Crippen LogP contribution in [0.15, 0.2) is 42.9 Å². The zero-order valence-corrected chi connectivity index (χ0v) is 12.0. The lowest BCUT2D eigenvalue weighted by Crippen LogP contribution is -2.22. The van der Waals surface area contributed by atoms with E-state index in [2.05, 4.69) is 15.3 Å². The molecule has 0 radical (unpaired) electrons. The van der Waals surface area contributed by atoms with E-state index >= 15 is 0 Å². The highest BCUT2D eigenvalue weighted by Crippen LogP contribution is 2.35. The summed E-state index contributed by atoms with van der Waals surface area (Å²) in [5, 5.41) is 3.38. The topological polar surface area (TPSA) is 56.3 Å². The molecule has 0 bridgehead atoms. The quantitative estimate of drug-likeness (QED) is 0.913. The first kappa shape index (κ1) is 13.8. The Bertz CT molecular complexity index is 571. The van der Waals surface area contributed by atoms with Gasteiger partial charge in [-0.1, -0.05) is 12.1 Å². The third kappa shape index (κ3) is 3.13. The van der Waals surface area contributed by atoms with Crippen molar-refractivity contribution in [3.63, 3.8) is 0 Å². The molecule has 0 saturated carbocycles. The first-order valence-corrected chi connectivity index (χ1v) is 7.15. The fourth-order valence-corrected chi connectivity index (χ4v) is 2.64. The first-order chi connectivity index (χ1) is 10.4. The van der Waals surface area contributed by atoms with Gasteiger partial charge in [0.2, 0.25) is 0 Å². The van der Waals surface area contributed by atoms with Gasteiger partial charge in [-0.2, -0.15) is 0 Å². The molecule has 2 heterocycles. The molecule has 1 aliphatic rings. The van der Waals surface area contributed by atoms with Crippen molar-refractivity contribution in [3.05, 3.63) is 48.5 Å². The maximum absolute atomic E-state index is 6.24. The third-order valence-corrected chi connectivity index (χ3v) is 3.72. The van der Waals surface area contributed by atoms with Gasteiger partial charge in [-0.05, 0) is 25.1 Å². The molecular weight excluding hydrogens is 266 g/mol. The highest BCUT2D eigenvalue weighted by molar-refractivity contribution is 5.39. The maximum Gasteiger partial charge on any atom is 0.162 e. The lowest BCUT2D eigenvalue weighted by molar-refractivity contribution is 0.134. The molecular formula is C16H19N3O2. The molecule has 5 nitrogen and oxygen atoms in total. The van der Waals surface area contributed by atoms with Crippen molar-refractivity contribution >= 4 is 0 Å². The molecule has 1 aromatic carbocycles. The van der Waals surface area contributed by atoms with Gasteiger partial charge in [0.25, 0.3) is 0 Å². The molecule has 1 N–H and O–H groups in total. The second-order valence-electron chi connectivity index (χ2n) is 5.07. The van der Waals surface area contributed by atoms with Crippen LogP contribution in [-0.4, -0.2) is 30.2 Å². The Hall–Kier alpha value is -2.14. The first-order valence-electron chi connectivity index (χ1n) is 7.15. The number of hydrogen-bond donors (Lipinski definition) is 1. The van der Waals surface area contributed by atoms with E-state index < -0.39 is 0 Å². The molecule has 2 atom stereocenters. The predicted molar refractivity (Wildman–Crippen MR) is 79.4 cm³/mol. The van der Waals surface area contributed by atoms with Crippen LogP contribution in [0.2, 0.25) is 0 Å². The average molecular weight is 285 g/mol. The monoisotopic (exact) mass is 285 g/mol. The van der Waals surface area contributed by atoms with Gasteiger partial charge in [0.1, 0.15) is 6.10 Å². The van der Waals surface area contributed by atoms with E-state index in [4.69, 9.17) is 9.47 Å². The second kappa shape index (κ2) is 6.54. The molecule has 2 aromatic rings. The van der Waals surface area contributed by atoms with Crippen molar-refractivity contribution in [2.75, 3.05) is 20.2 Å². The van der Waals surface area contributed by atoms with Gasteiger partial charge < -0.3 is 14.8 Å². The van der Waals surface area contributed by atoms with Crippen LogP contribution in [0.25, 0.3) is 0 Å². The van der Waals surface area contributed by atoms with Crippen molar-refractivity contribution in [1.29, 1.82) is 0 Å². The molecule has 3 rings (SSSR count). The molecule has 5 heteroatoms. The Morgan fingerprint density at radius 1 is 1.24 bits per heavy atom. The molecule has 0 aliphatic carbocycles. The number of hydrogen-bond acceptors (Lipinski definition) is 5. The van der Waals surface area contributed by atoms with Gasteiger partial charge in [-0.3, -0.25) is 9.97 Å². The summed E-state index contributed by atoms with van der Waals surface area (Å²) in [6.07, 6.45) is 6.10. The van der Waals surface area contributed by atoms with Crippen molar-refractivity contribution in [1.82, 2.24) is 15.3 Å². The summed E-state index contributed by atoms with van der Waals surface area (Å²) in [5.74, 6) is 1.85. The van der Waals surface area contributed by atoms with Crippen LogP contribution in [0.5, 0.6) is 11.5 Å². The smallest absolute Gasteiger partial charge is 0.162 e. The van der Waals surface area contributed by atoms with Gasteiger partial charge in [0.15, 0.2) is 11.5 Å². The summed E-state index contributed by atoms with van der Waals surface area (Å²) in [7, 11) is 1.65. The van der Waals surface area contributed by atoms with Crippen molar-refractivity contribution in [3.8, 4) is 11.5 Å². The standard InChI is InChI=1S/C16H19N3O2/c1-20-14-4-2-3-5-15(14)21-16(12-6-7-17-10-12)13-11-18-8-9-19-13/h2-5,8-9,11-12,16-17H,6-7,10H2,1H3/t12?,16-/m0/s1. The zero-order valence-electron chi connectivity index (χ0n) is 12.0. The molecule has 110 valence electrons. The van der Waals surface area contributed by atoms with Crippen LogP contribution in [0.1, 0.15) is 18.2 Å². The minimum atomic E-state index is -0.120. The summed E-state index contributed by atoms with van der Waals surface area (Å²) >= 11 is 0. The lowest BCUT2D eigenvalue weighted by Gasteiger charge is -2.24. The Morgan fingerprint density at radius 2 is 2.10 bits per heavy atom. The van der Waals surface area contributed by atoms with E-state index in [1.165, 1.54) is 0 Å². The van der Waals surface area contributed by atoms with Crippen LogP contribution in [0.4, 0.5) is 0 Å². The van der Waals surface area contributed by atoms with E-state index in [0.717, 1.165) is 36.7 Å². The van der Waals surface area contributed by atoms with Gasteiger partial charge in [-0.25, -0.2) is 0 Å². The van der Waals surface area contributed by atoms with E-state index in [0.29, 0.717) is 5.92 Å². The van der Waals surface area contributed by atoms with Gasteiger partial charge >= 0.3 is 0 Å². The number of aromatic nitrogens is 2. The molecule has 1 fully saturated rings. The van der Waals surface area contributed by atoms with Gasteiger partial charge in [0, 0.05) is 24.9 Å². The number of nitrogens with one attached hydrogen (secondary N) is 1. The molecule has 1 saturated heterocycles. The van der Waals surface area contributed by atoms with E-state index in [1.54, 1.807) is 25.7 Å². The van der Waals surface area contributed by atoms with Crippen LogP contribution < -0.4 is 14.8 Å². The van der Waals surface area contributed by atoms with Gasteiger partial charge in [-0.15, -0.1) is 0 Å². The average Bonchev–Trinajstić information content (AvgIpc) is 3.08. The Morgan fingerprint density at radius 3 is 2.76 bits per heavy atom. The summed E-state index contributed by atoms with van der Waals surface area (Å²) in [6, 6.07) is 7.69. The molecule has 1 aliphatic heterocycles. The Kier molecular flexibility index (Phi) is 4.31. The maximum atomic E-state index is 6.24. The second-order valence-corrected chi connectivity index (χ2v) is 5.07. The van der Waals surface area contributed by atoms with Crippen LogP contribution in [-0.2, 0) is 0 Å². The largest absolute Gasteiger partial charge is 0.493 e. The predicted octanol–water partition coefficient (Wildman–Crippen LogP) is 2.21. The summed E-state index contributed by atoms with van der Waals surface area (Å²) in [5.41, 5.74) is 0.858. The fraction of sp³-hybridized carbons (Fsp3) is 0.375. The number of rotatable bonds is 5. The van der Waals surface area contributed by atoms with Gasteiger partial charge in [0.05, 0.1) is 19.0 Å². The Labute approximate surface area is 124 Å². The molecule has 0 amide bonds. The summed E-state index contributed by atoms with van der Waals surface area (Å²) in [4.78, 5) is 8.59. The van der Waals surface area contributed by atoms with E-state index in [-0.39, 0.29) is 6.10 Å². The van der Waals surface area contributed by atoms with Crippen LogP contribution >= 0.6 is 0 Å². The van der Waals surface area contributed by atoms with E-state index in [1.807, 2.05) is 24.3 Å². The molecule has 0 spiro atoms. The SMILES string of the molecule is COc1ccccc1O[C@H](c1cnccn1)C1CCNC1. The van der Waals surface area contributed by atoms with Crippen LogP contribution in [0.3, 0.4) is 0 Å². The summed E-state index contributed by atoms with van der Waals surface area (Å²) < 4.78 is 11.6.